The zero-order valence-corrected chi connectivity index (χ0v) is 13.7. The van der Waals surface area contributed by atoms with E-state index in [1.807, 2.05) is 20.8 Å². The van der Waals surface area contributed by atoms with E-state index in [4.69, 9.17) is 16.3 Å². The van der Waals surface area contributed by atoms with Gasteiger partial charge in [-0.1, -0.05) is 38.4 Å². The Morgan fingerprint density at radius 2 is 2.14 bits per heavy atom. The fourth-order valence-electron chi connectivity index (χ4n) is 1.62. The summed E-state index contributed by atoms with van der Waals surface area (Å²) >= 11 is 5.99. The van der Waals surface area contributed by atoms with Crippen LogP contribution < -0.4 is 5.32 Å². The highest BCUT2D eigenvalue weighted by molar-refractivity contribution is 6.29. The van der Waals surface area contributed by atoms with Crippen LogP contribution in [0.25, 0.3) is 0 Å². The molecule has 0 spiro atoms. The van der Waals surface area contributed by atoms with Crippen LogP contribution in [0.5, 0.6) is 0 Å². The van der Waals surface area contributed by atoms with Crippen molar-refractivity contribution in [1.82, 2.24) is 10.3 Å². The minimum atomic E-state index is -0.169. The fourth-order valence-corrected chi connectivity index (χ4v) is 1.83. The topological polar surface area (TPSA) is 51.2 Å². The van der Waals surface area contributed by atoms with Gasteiger partial charge in [-0.05, 0) is 18.6 Å². The Morgan fingerprint density at radius 3 is 2.76 bits per heavy atom. The lowest BCUT2D eigenvalue weighted by atomic mass is 9.91. The molecule has 0 radical (unpaired) electrons. The first-order valence-electron chi connectivity index (χ1n) is 6.99. The van der Waals surface area contributed by atoms with Crippen LogP contribution in [0.3, 0.4) is 0 Å². The minimum absolute atomic E-state index is 0.159. The molecule has 0 atom stereocenters. The van der Waals surface area contributed by atoms with Crippen molar-refractivity contribution in [3.8, 4) is 0 Å². The third kappa shape index (κ3) is 6.27. The van der Waals surface area contributed by atoms with Crippen LogP contribution >= 0.6 is 11.6 Å². The van der Waals surface area contributed by atoms with Crippen molar-refractivity contribution in [3.05, 3.63) is 41.2 Å². The summed E-state index contributed by atoms with van der Waals surface area (Å²) in [6.45, 7) is 11.3. The predicted molar refractivity (Wildman–Crippen MR) is 85.9 cm³/mol. The van der Waals surface area contributed by atoms with E-state index in [0.29, 0.717) is 30.5 Å². The molecule has 5 heteroatoms. The van der Waals surface area contributed by atoms with Gasteiger partial charge in [-0.3, -0.25) is 4.79 Å². The SMILES string of the molecule is C=CCCOCCNC(=O)c1cc(Cl)nc(C(C)(C)C)c1. The molecule has 1 rings (SSSR count). The molecule has 21 heavy (non-hydrogen) atoms. The van der Waals surface area contributed by atoms with Crippen LogP contribution in [0.15, 0.2) is 24.8 Å². The Bertz CT molecular complexity index is 496. The van der Waals surface area contributed by atoms with Crippen LogP contribution in [0.4, 0.5) is 0 Å². The second-order valence-electron chi connectivity index (χ2n) is 5.76. The Kier molecular flexibility index (Phi) is 6.85. The summed E-state index contributed by atoms with van der Waals surface area (Å²) in [5, 5.41) is 3.13. The van der Waals surface area contributed by atoms with E-state index in [0.717, 1.165) is 12.1 Å². The van der Waals surface area contributed by atoms with E-state index in [9.17, 15) is 4.79 Å². The lowest BCUT2D eigenvalue weighted by Crippen LogP contribution is -2.28. The number of halogens is 1. The van der Waals surface area contributed by atoms with Crippen LogP contribution in [-0.4, -0.2) is 30.6 Å². The van der Waals surface area contributed by atoms with Gasteiger partial charge in [0, 0.05) is 23.2 Å². The number of ether oxygens (including phenoxy) is 1. The van der Waals surface area contributed by atoms with Gasteiger partial charge in [-0.15, -0.1) is 6.58 Å². The van der Waals surface area contributed by atoms with E-state index in [2.05, 4.69) is 16.9 Å². The average Bonchev–Trinajstić information content (AvgIpc) is 2.40. The van der Waals surface area contributed by atoms with Gasteiger partial charge in [0.25, 0.3) is 5.91 Å². The first kappa shape index (κ1) is 17.7. The largest absolute Gasteiger partial charge is 0.379 e. The Morgan fingerprint density at radius 1 is 1.43 bits per heavy atom. The zero-order valence-electron chi connectivity index (χ0n) is 12.9. The summed E-state index contributed by atoms with van der Waals surface area (Å²) in [6, 6.07) is 3.35. The molecule has 1 heterocycles. The second kappa shape index (κ2) is 8.15. The molecule has 116 valence electrons. The minimum Gasteiger partial charge on any atom is -0.379 e. The van der Waals surface area contributed by atoms with Crippen molar-refractivity contribution in [2.75, 3.05) is 19.8 Å². The molecule has 0 aliphatic rings. The third-order valence-electron chi connectivity index (χ3n) is 2.82. The molecule has 0 unspecified atom stereocenters. The van der Waals surface area contributed by atoms with Crippen molar-refractivity contribution < 1.29 is 9.53 Å². The number of carbonyl (C=O) groups is 1. The summed E-state index contributed by atoms with van der Waals surface area (Å²) in [6.07, 6.45) is 2.61. The van der Waals surface area contributed by atoms with Crippen LogP contribution in [-0.2, 0) is 10.2 Å². The maximum Gasteiger partial charge on any atom is 0.251 e. The van der Waals surface area contributed by atoms with Crippen LogP contribution in [0, 0.1) is 0 Å². The molecule has 0 aliphatic carbocycles. The monoisotopic (exact) mass is 310 g/mol. The number of aromatic nitrogens is 1. The Balaban J connectivity index is 2.58. The smallest absolute Gasteiger partial charge is 0.251 e. The molecule has 0 aliphatic heterocycles. The molecule has 0 saturated carbocycles. The summed E-state index contributed by atoms with van der Waals surface area (Å²) < 4.78 is 5.34. The number of nitrogens with zero attached hydrogens (tertiary/aromatic N) is 1. The predicted octanol–water partition coefficient (Wildman–Crippen LogP) is 3.36. The van der Waals surface area contributed by atoms with Gasteiger partial charge < -0.3 is 10.1 Å². The number of hydrogen-bond acceptors (Lipinski definition) is 3. The van der Waals surface area contributed by atoms with E-state index in [-0.39, 0.29) is 11.3 Å². The van der Waals surface area contributed by atoms with Gasteiger partial charge in [0.1, 0.15) is 5.15 Å². The fraction of sp³-hybridized carbons (Fsp3) is 0.500. The number of hydrogen-bond donors (Lipinski definition) is 1. The highest BCUT2D eigenvalue weighted by Gasteiger charge is 2.18. The average molecular weight is 311 g/mol. The first-order chi connectivity index (χ1) is 9.84. The maximum atomic E-state index is 12.1. The van der Waals surface area contributed by atoms with Crippen molar-refractivity contribution >= 4 is 17.5 Å². The number of pyridine rings is 1. The summed E-state index contributed by atoms with van der Waals surface area (Å²) in [4.78, 5) is 16.4. The van der Waals surface area contributed by atoms with Crippen molar-refractivity contribution in [2.45, 2.75) is 32.6 Å². The molecular weight excluding hydrogens is 288 g/mol. The van der Waals surface area contributed by atoms with Crippen molar-refractivity contribution in [2.24, 2.45) is 0 Å². The highest BCUT2D eigenvalue weighted by atomic mass is 35.5. The zero-order chi connectivity index (χ0) is 15.9. The van der Waals surface area contributed by atoms with E-state index in [1.54, 1.807) is 18.2 Å². The standard InChI is InChI=1S/C16H23ClN2O2/c1-5-6-8-21-9-7-18-15(20)12-10-13(16(2,3)4)19-14(17)11-12/h5,10-11H,1,6-9H2,2-4H3,(H,18,20). The quantitative estimate of drug-likeness (QED) is 0.477. The van der Waals surface area contributed by atoms with Gasteiger partial charge in [-0.2, -0.15) is 0 Å². The summed E-state index contributed by atoms with van der Waals surface area (Å²) in [5.74, 6) is -0.169. The molecule has 1 aromatic rings. The van der Waals surface area contributed by atoms with E-state index < -0.39 is 0 Å². The molecule has 1 amide bonds. The molecule has 0 bridgehead atoms. The molecule has 0 fully saturated rings. The Hall–Kier alpha value is -1.39. The Labute approximate surface area is 131 Å². The molecule has 1 N–H and O–H groups in total. The molecule has 0 aromatic carbocycles. The maximum absolute atomic E-state index is 12.1. The lowest BCUT2D eigenvalue weighted by molar-refractivity contribution is 0.0917. The lowest BCUT2D eigenvalue weighted by Gasteiger charge is -2.18. The number of nitrogens with one attached hydrogen (secondary N) is 1. The van der Waals surface area contributed by atoms with Crippen molar-refractivity contribution in [1.29, 1.82) is 0 Å². The van der Waals surface area contributed by atoms with Gasteiger partial charge in [0.15, 0.2) is 0 Å². The summed E-state index contributed by atoms with van der Waals surface area (Å²) in [7, 11) is 0. The first-order valence-corrected chi connectivity index (χ1v) is 7.37. The van der Waals surface area contributed by atoms with Gasteiger partial charge in [0.05, 0.1) is 13.2 Å². The molecule has 0 saturated heterocycles. The molecular formula is C16H23ClN2O2. The number of carbonyl (C=O) groups excluding carboxylic acids is 1. The highest BCUT2D eigenvalue weighted by Crippen LogP contribution is 2.23. The van der Waals surface area contributed by atoms with Gasteiger partial charge >= 0.3 is 0 Å². The third-order valence-corrected chi connectivity index (χ3v) is 3.02. The van der Waals surface area contributed by atoms with Gasteiger partial charge in [-0.25, -0.2) is 4.98 Å². The second-order valence-corrected chi connectivity index (χ2v) is 6.15. The van der Waals surface area contributed by atoms with Crippen molar-refractivity contribution in [3.63, 3.8) is 0 Å². The normalized spacial score (nSPS) is 11.2. The summed E-state index contributed by atoms with van der Waals surface area (Å²) in [5.41, 5.74) is 1.15. The van der Waals surface area contributed by atoms with E-state index >= 15 is 0 Å². The number of amides is 1. The molecule has 4 nitrogen and oxygen atoms in total. The molecule has 1 aromatic heterocycles. The van der Waals surface area contributed by atoms with Crippen LogP contribution in [0.1, 0.15) is 43.2 Å². The van der Waals surface area contributed by atoms with Crippen LogP contribution in [0.2, 0.25) is 5.15 Å². The number of rotatable bonds is 7. The van der Waals surface area contributed by atoms with Gasteiger partial charge in [0.2, 0.25) is 0 Å². The van der Waals surface area contributed by atoms with E-state index in [1.165, 1.54) is 0 Å².